The summed E-state index contributed by atoms with van der Waals surface area (Å²) >= 11 is 0. The van der Waals surface area contributed by atoms with Gasteiger partial charge in [0.25, 0.3) is 5.91 Å². The zero-order valence-corrected chi connectivity index (χ0v) is 16.7. The molecule has 1 aliphatic rings. The molecule has 8 heteroatoms. The summed E-state index contributed by atoms with van der Waals surface area (Å²) in [5.74, 6) is -0.265. The second-order valence-corrected chi connectivity index (χ2v) is 8.79. The van der Waals surface area contributed by atoms with E-state index in [-0.39, 0.29) is 28.7 Å². The third-order valence-electron chi connectivity index (χ3n) is 4.82. The largest absolute Gasteiger partial charge is 0.496 e. The number of halogens is 1. The number of ether oxygens (including phenoxy) is 1. The van der Waals surface area contributed by atoms with Gasteiger partial charge in [-0.1, -0.05) is 12.1 Å². The number of methoxy groups -OCH3 is 1. The van der Waals surface area contributed by atoms with Crippen LogP contribution >= 0.6 is 0 Å². The molecule has 0 bridgehead atoms. The molecule has 1 amide bonds. The molecule has 150 valence electrons. The monoisotopic (exact) mass is 406 g/mol. The molecule has 6 nitrogen and oxygen atoms in total. The van der Waals surface area contributed by atoms with Crippen LogP contribution in [0.5, 0.6) is 5.75 Å². The van der Waals surface area contributed by atoms with Crippen molar-refractivity contribution in [2.45, 2.75) is 24.3 Å². The summed E-state index contributed by atoms with van der Waals surface area (Å²) in [6, 6.07) is 9.95. The molecule has 0 radical (unpaired) electrons. The molecule has 0 aromatic heterocycles. The zero-order valence-electron chi connectivity index (χ0n) is 15.9. The first kappa shape index (κ1) is 20.3. The number of likely N-dealkylation sites (tertiary alicyclic amines) is 1. The molecule has 2 aromatic carbocycles. The maximum absolute atomic E-state index is 13.1. The molecule has 0 spiro atoms. The average molecular weight is 406 g/mol. The predicted octanol–water partition coefficient (Wildman–Crippen LogP) is 2.89. The fourth-order valence-corrected chi connectivity index (χ4v) is 4.40. The molecule has 2 aromatic rings. The van der Waals surface area contributed by atoms with E-state index in [9.17, 15) is 17.6 Å². The Labute approximate surface area is 164 Å². The van der Waals surface area contributed by atoms with Crippen molar-refractivity contribution in [2.75, 3.05) is 27.2 Å². The fourth-order valence-electron chi connectivity index (χ4n) is 3.22. The Balaban J connectivity index is 1.89. The molecule has 0 unspecified atom stereocenters. The van der Waals surface area contributed by atoms with Gasteiger partial charge in [-0.05, 0) is 48.7 Å². The van der Waals surface area contributed by atoms with Crippen molar-refractivity contribution >= 4 is 15.9 Å². The minimum Gasteiger partial charge on any atom is -0.496 e. The smallest absolute Gasteiger partial charge is 0.257 e. The lowest BCUT2D eigenvalue weighted by atomic mass is 10.1. The molecule has 0 atom stereocenters. The van der Waals surface area contributed by atoms with Gasteiger partial charge in [0.2, 0.25) is 10.0 Å². The fraction of sp³-hybridized carbons (Fsp3) is 0.350. The maximum atomic E-state index is 13.1. The predicted molar refractivity (Wildman–Crippen MR) is 103 cm³/mol. The molecule has 1 saturated heterocycles. The maximum Gasteiger partial charge on any atom is 0.257 e. The first-order chi connectivity index (χ1) is 13.3. The third-order valence-corrected chi connectivity index (χ3v) is 6.62. The first-order valence-electron chi connectivity index (χ1n) is 9.01. The number of rotatable bonds is 6. The summed E-state index contributed by atoms with van der Waals surface area (Å²) in [5.41, 5.74) is 0.898. The molecule has 0 saturated carbocycles. The van der Waals surface area contributed by atoms with Gasteiger partial charge in [-0.15, -0.1) is 0 Å². The van der Waals surface area contributed by atoms with E-state index in [1.165, 1.54) is 60.9 Å². The van der Waals surface area contributed by atoms with Crippen LogP contribution in [0.15, 0.2) is 47.4 Å². The molecule has 1 fully saturated rings. The Morgan fingerprint density at radius 1 is 1.14 bits per heavy atom. The van der Waals surface area contributed by atoms with Crippen LogP contribution in [0.25, 0.3) is 0 Å². The first-order valence-corrected chi connectivity index (χ1v) is 10.4. The van der Waals surface area contributed by atoms with Gasteiger partial charge in [0.1, 0.15) is 11.6 Å². The van der Waals surface area contributed by atoms with E-state index in [1.54, 1.807) is 4.90 Å². The zero-order chi connectivity index (χ0) is 20.3. The second-order valence-electron chi connectivity index (χ2n) is 6.75. The van der Waals surface area contributed by atoms with Crippen molar-refractivity contribution in [3.05, 3.63) is 59.4 Å². The lowest BCUT2D eigenvalue weighted by Gasteiger charge is -2.20. The molecular weight excluding hydrogens is 383 g/mol. The Morgan fingerprint density at radius 2 is 1.79 bits per heavy atom. The third kappa shape index (κ3) is 4.18. The number of sulfonamides is 1. The molecular formula is C20H23FN2O4S. The summed E-state index contributed by atoms with van der Waals surface area (Å²) in [7, 11) is -0.940. The van der Waals surface area contributed by atoms with E-state index < -0.39 is 10.0 Å². The van der Waals surface area contributed by atoms with Crippen LogP contribution < -0.4 is 4.74 Å². The van der Waals surface area contributed by atoms with E-state index >= 15 is 0 Å². The molecule has 0 N–H and O–H groups in total. The molecule has 3 rings (SSSR count). The van der Waals surface area contributed by atoms with Crippen LogP contribution in [-0.2, 0) is 16.6 Å². The Morgan fingerprint density at radius 3 is 2.39 bits per heavy atom. The van der Waals surface area contributed by atoms with Crippen LogP contribution in [0.1, 0.15) is 28.8 Å². The van der Waals surface area contributed by atoms with E-state index in [2.05, 4.69) is 0 Å². The van der Waals surface area contributed by atoms with E-state index in [1.807, 2.05) is 0 Å². The van der Waals surface area contributed by atoms with E-state index in [0.29, 0.717) is 24.4 Å². The number of hydrogen-bond acceptors (Lipinski definition) is 4. The number of nitrogens with zero attached hydrogens (tertiary/aromatic N) is 2. The topological polar surface area (TPSA) is 66.9 Å². The number of amides is 1. The summed E-state index contributed by atoms with van der Waals surface area (Å²) in [5, 5.41) is 0. The number of carbonyl (C=O) groups excluding carboxylic acids is 1. The highest BCUT2D eigenvalue weighted by atomic mass is 32.2. The van der Waals surface area contributed by atoms with Gasteiger partial charge in [0.15, 0.2) is 0 Å². The highest BCUT2D eigenvalue weighted by molar-refractivity contribution is 7.89. The van der Waals surface area contributed by atoms with Crippen molar-refractivity contribution in [3.8, 4) is 5.75 Å². The Bertz CT molecular complexity index is 955. The minimum atomic E-state index is -3.84. The second kappa shape index (κ2) is 8.28. The van der Waals surface area contributed by atoms with E-state index in [4.69, 9.17) is 4.74 Å². The van der Waals surface area contributed by atoms with Gasteiger partial charge in [-0.3, -0.25) is 4.79 Å². The highest BCUT2D eigenvalue weighted by Gasteiger charge is 2.27. The van der Waals surface area contributed by atoms with Crippen molar-refractivity contribution in [1.29, 1.82) is 0 Å². The Hall–Kier alpha value is -2.45. The number of hydrogen-bond donors (Lipinski definition) is 0. The van der Waals surface area contributed by atoms with Crippen LogP contribution in [0, 0.1) is 5.82 Å². The summed E-state index contributed by atoms with van der Waals surface area (Å²) in [4.78, 5) is 14.5. The van der Waals surface area contributed by atoms with Crippen LogP contribution in [0.2, 0.25) is 0 Å². The SMILES string of the molecule is COc1ccc(S(=O)(=O)N(C)Cc2ccc(F)cc2)cc1C(=O)N1CCCC1. The quantitative estimate of drug-likeness (QED) is 0.740. The van der Waals surface area contributed by atoms with Crippen molar-refractivity contribution in [3.63, 3.8) is 0 Å². The molecule has 0 aliphatic carbocycles. The Kier molecular flexibility index (Phi) is 6.00. The van der Waals surface area contributed by atoms with Crippen LogP contribution in [0.3, 0.4) is 0 Å². The molecule has 28 heavy (non-hydrogen) atoms. The highest BCUT2D eigenvalue weighted by Crippen LogP contribution is 2.27. The lowest BCUT2D eigenvalue weighted by Crippen LogP contribution is -2.29. The van der Waals surface area contributed by atoms with Crippen molar-refractivity contribution in [2.24, 2.45) is 0 Å². The van der Waals surface area contributed by atoms with Crippen molar-refractivity contribution in [1.82, 2.24) is 9.21 Å². The van der Waals surface area contributed by atoms with Crippen LogP contribution in [-0.4, -0.2) is 50.8 Å². The van der Waals surface area contributed by atoms with Gasteiger partial charge in [-0.2, -0.15) is 4.31 Å². The van der Waals surface area contributed by atoms with E-state index in [0.717, 1.165) is 12.8 Å². The number of carbonyl (C=O) groups is 1. The van der Waals surface area contributed by atoms with Gasteiger partial charge in [0, 0.05) is 26.7 Å². The van der Waals surface area contributed by atoms with Gasteiger partial charge >= 0.3 is 0 Å². The van der Waals surface area contributed by atoms with Gasteiger partial charge in [0.05, 0.1) is 17.6 Å². The average Bonchev–Trinajstić information content (AvgIpc) is 3.23. The number of benzene rings is 2. The molecule has 1 heterocycles. The van der Waals surface area contributed by atoms with Gasteiger partial charge < -0.3 is 9.64 Å². The summed E-state index contributed by atoms with van der Waals surface area (Å²) in [6.45, 7) is 1.40. The normalized spacial score (nSPS) is 14.5. The van der Waals surface area contributed by atoms with Crippen LogP contribution in [0.4, 0.5) is 4.39 Å². The standard InChI is InChI=1S/C20H23FN2O4S/c1-22(14-15-5-7-16(21)8-6-15)28(25,26)17-9-10-19(27-2)18(13-17)20(24)23-11-3-4-12-23/h5-10,13H,3-4,11-12,14H2,1-2H3. The summed E-state index contributed by atoms with van der Waals surface area (Å²) in [6.07, 6.45) is 1.87. The lowest BCUT2D eigenvalue weighted by molar-refractivity contribution is 0.0789. The summed E-state index contributed by atoms with van der Waals surface area (Å²) < 4.78 is 45.5. The minimum absolute atomic E-state index is 0.0143. The van der Waals surface area contributed by atoms with Gasteiger partial charge in [-0.25, -0.2) is 12.8 Å². The molecule has 1 aliphatic heterocycles. The van der Waals surface area contributed by atoms with Crippen molar-refractivity contribution < 1.29 is 22.3 Å².